The van der Waals surface area contributed by atoms with Crippen molar-refractivity contribution in [2.75, 3.05) is 0 Å². The number of pyridine rings is 1. The highest BCUT2D eigenvalue weighted by molar-refractivity contribution is 7.99. The van der Waals surface area contributed by atoms with Crippen LogP contribution in [0.3, 0.4) is 0 Å². The molecular weight excluding hydrogens is 406 g/mol. The molecule has 8 heteroatoms. The highest BCUT2D eigenvalue weighted by atomic mass is 35.5. The molecule has 144 valence electrons. The summed E-state index contributed by atoms with van der Waals surface area (Å²) in [5.74, 6) is 1.64. The molecule has 0 aliphatic heterocycles. The maximum absolute atomic E-state index is 13.3. The highest BCUT2D eigenvalue weighted by Gasteiger charge is 2.27. The first kappa shape index (κ1) is 18.3. The van der Waals surface area contributed by atoms with Crippen LogP contribution in [0.15, 0.2) is 63.6 Å². The van der Waals surface area contributed by atoms with E-state index in [9.17, 15) is 4.79 Å². The molecule has 0 N–H and O–H groups in total. The van der Waals surface area contributed by atoms with Crippen molar-refractivity contribution in [2.45, 2.75) is 35.9 Å². The van der Waals surface area contributed by atoms with E-state index in [-0.39, 0.29) is 5.56 Å². The lowest BCUT2D eigenvalue weighted by Gasteiger charge is -2.12. The molecule has 29 heavy (non-hydrogen) atoms. The number of aryl methyl sites for hydroxylation is 1. The van der Waals surface area contributed by atoms with Crippen LogP contribution in [0.2, 0.25) is 5.15 Å². The van der Waals surface area contributed by atoms with Crippen molar-refractivity contribution < 1.29 is 0 Å². The normalized spacial score (nSPS) is 13.7. The highest BCUT2D eigenvalue weighted by Crippen LogP contribution is 2.39. The smallest absolute Gasteiger partial charge is 0.267 e. The number of benzene rings is 1. The molecule has 6 nitrogen and oxygen atoms in total. The molecule has 0 amide bonds. The van der Waals surface area contributed by atoms with Gasteiger partial charge in [0.25, 0.3) is 5.56 Å². The molecule has 0 unspecified atom stereocenters. The summed E-state index contributed by atoms with van der Waals surface area (Å²) >= 11 is 7.51. The first-order chi connectivity index (χ1) is 14.1. The van der Waals surface area contributed by atoms with Gasteiger partial charge in [-0.15, -0.1) is 0 Å². The quantitative estimate of drug-likeness (QED) is 0.355. The van der Waals surface area contributed by atoms with Crippen molar-refractivity contribution in [1.29, 1.82) is 0 Å². The third kappa shape index (κ3) is 3.63. The minimum Gasteiger partial charge on any atom is -0.268 e. The Morgan fingerprint density at radius 2 is 1.93 bits per heavy atom. The molecule has 4 aromatic rings. The molecule has 5 rings (SSSR count). The van der Waals surface area contributed by atoms with Gasteiger partial charge in [0.05, 0.1) is 10.9 Å². The fourth-order valence-corrected chi connectivity index (χ4v) is 4.22. The lowest BCUT2D eigenvalue weighted by Crippen LogP contribution is -2.22. The third-order valence-electron chi connectivity index (χ3n) is 4.70. The van der Waals surface area contributed by atoms with E-state index in [1.165, 1.54) is 16.3 Å². The minimum atomic E-state index is -0.169. The fourth-order valence-electron chi connectivity index (χ4n) is 3.06. The van der Waals surface area contributed by atoms with Crippen LogP contribution in [0.25, 0.3) is 16.7 Å². The summed E-state index contributed by atoms with van der Waals surface area (Å²) in [5, 5.41) is 2.09. The van der Waals surface area contributed by atoms with Gasteiger partial charge in [-0.3, -0.25) is 4.79 Å². The second-order valence-electron chi connectivity index (χ2n) is 7.01. The summed E-state index contributed by atoms with van der Waals surface area (Å²) in [6, 6.07) is 12.7. The lowest BCUT2D eigenvalue weighted by molar-refractivity contribution is 0.790. The molecule has 0 spiro atoms. The van der Waals surface area contributed by atoms with Gasteiger partial charge in [-0.1, -0.05) is 29.8 Å². The summed E-state index contributed by atoms with van der Waals surface area (Å²) in [5.41, 5.74) is 1.48. The van der Waals surface area contributed by atoms with Gasteiger partial charge in [0, 0.05) is 18.2 Å². The van der Waals surface area contributed by atoms with Gasteiger partial charge < -0.3 is 0 Å². The Balaban J connectivity index is 1.69. The molecule has 0 radical (unpaired) electrons. The van der Waals surface area contributed by atoms with Gasteiger partial charge in [-0.2, -0.15) is 0 Å². The van der Waals surface area contributed by atoms with Crippen LogP contribution >= 0.6 is 23.4 Å². The van der Waals surface area contributed by atoms with E-state index in [1.807, 2.05) is 37.3 Å². The Labute approximate surface area is 176 Å². The Hall–Kier alpha value is -2.77. The van der Waals surface area contributed by atoms with Crippen molar-refractivity contribution in [3.63, 3.8) is 0 Å². The number of fused-ring (bicyclic) bond motifs is 1. The van der Waals surface area contributed by atoms with E-state index in [2.05, 4.69) is 15.0 Å². The zero-order chi connectivity index (χ0) is 20.0. The van der Waals surface area contributed by atoms with Crippen LogP contribution in [0.5, 0.6) is 0 Å². The van der Waals surface area contributed by atoms with Crippen molar-refractivity contribution in [3.8, 4) is 5.82 Å². The third-order valence-corrected chi connectivity index (χ3v) is 5.77. The molecule has 1 saturated carbocycles. The monoisotopic (exact) mass is 421 g/mol. The number of aromatic nitrogens is 5. The van der Waals surface area contributed by atoms with E-state index in [0.717, 1.165) is 24.2 Å². The predicted octanol–water partition coefficient (Wildman–Crippen LogP) is 4.56. The van der Waals surface area contributed by atoms with E-state index in [1.54, 1.807) is 18.3 Å². The van der Waals surface area contributed by atoms with Crippen LogP contribution in [-0.4, -0.2) is 24.5 Å². The Kier molecular flexibility index (Phi) is 4.56. The van der Waals surface area contributed by atoms with Crippen LogP contribution in [0, 0.1) is 6.92 Å². The maximum Gasteiger partial charge on any atom is 0.267 e. The van der Waals surface area contributed by atoms with Gasteiger partial charge in [0.15, 0.2) is 5.16 Å². The van der Waals surface area contributed by atoms with Crippen molar-refractivity contribution in [1.82, 2.24) is 24.5 Å². The van der Waals surface area contributed by atoms with E-state index < -0.39 is 0 Å². The molecule has 1 aliphatic carbocycles. The van der Waals surface area contributed by atoms with E-state index in [4.69, 9.17) is 16.6 Å². The van der Waals surface area contributed by atoms with Crippen molar-refractivity contribution in [3.05, 3.63) is 75.6 Å². The molecule has 0 saturated heterocycles. The van der Waals surface area contributed by atoms with Gasteiger partial charge in [0.2, 0.25) is 0 Å². The topological polar surface area (TPSA) is 73.6 Å². The molecule has 0 atom stereocenters. The Morgan fingerprint density at radius 1 is 1.10 bits per heavy atom. The number of halogens is 1. The average Bonchev–Trinajstić information content (AvgIpc) is 3.54. The first-order valence-electron chi connectivity index (χ1n) is 9.25. The SMILES string of the molecule is Cc1ccc(-n2c(Sc3cc(Cl)nc(C4CC4)n3)nc3ccccc3c2=O)nc1. The Morgan fingerprint density at radius 3 is 2.69 bits per heavy atom. The first-order valence-corrected chi connectivity index (χ1v) is 10.4. The number of nitrogens with zero attached hydrogens (tertiary/aromatic N) is 5. The molecule has 1 fully saturated rings. The zero-order valence-electron chi connectivity index (χ0n) is 15.5. The summed E-state index contributed by atoms with van der Waals surface area (Å²) < 4.78 is 1.53. The number of hydrogen-bond donors (Lipinski definition) is 0. The van der Waals surface area contributed by atoms with E-state index >= 15 is 0 Å². The molecule has 1 aromatic carbocycles. The second-order valence-corrected chi connectivity index (χ2v) is 8.38. The van der Waals surface area contributed by atoms with E-state index in [0.29, 0.717) is 38.0 Å². The summed E-state index contributed by atoms with van der Waals surface area (Å²) in [6.45, 7) is 1.95. The van der Waals surface area contributed by atoms with Crippen LogP contribution in [0.1, 0.15) is 30.1 Å². The van der Waals surface area contributed by atoms with Gasteiger partial charge in [0.1, 0.15) is 21.8 Å². The average molecular weight is 422 g/mol. The fraction of sp³-hybridized carbons (Fsp3) is 0.190. The number of para-hydroxylation sites is 1. The second kappa shape index (κ2) is 7.24. The summed E-state index contributed by atoms with van der Waals surface area (Å²) in [6.07, 6.45) is 3.89. The number of hydrogen-bond acceptors (Lipinski definition) is 6. The standard InChI is InChI=1S/C21H16ClN5OS/c1-12-6-9-17(23-11-12)27-20(28)14-4-2-3-5-15(14)24-21(27)29-18-10-16(22)25-19(26-18)13-7-8-13/h2-6,9-11,13H,7-8H2,1H3. The molecule has 3 aromatic heterocycles. The van der Waals surface area contributed by atoms with Crippen molar-refractivity contribution in [2.24, 2.45) is 0 Å². The molecule has 3 heterocycles. The van der Waals surface area contributed by atoms with Crippen molar-refractivity contribution >= 4 is 34.3 Å². The molecule has 0 bridgehead atoms. The largest absolute Gasteiger partial charge is 0.268 e. The van der Waals surface area contributed by atoms with Crippen LogP contribution in [-0.2, 0) is 0 Å². The lowest BCUT2D eigenvalue weighted by atomic mass is 10.2. The maximum atomic E-state index is 13.3. The number of rotatable bonds is 4. The Bertz CT molecular complexity index is 1280. The van der Waals surface area contributed by atoms with Crippen LogP contribution < -0.4 is 5.56 Å². The molecular formula is C21H16ClN5OS. The van der Waals surface area contributed by atoms with Gasteiger partial charge in [-0.25, -0.2) is 24.5 Å². The zero-order valence-corrected chi connectivity index (χ0v) is 17.1. The summed E-state index contributed by atoms with van der Waals surface area (Å²) in [7, 11) is 0. The minimum absolute atomic E-state index is 0.169. The summed E-state index contributed by atoms with van der Waals surface area (Å²) in [4.78, 5) is 31.4. The van der Waals surface area contributed by atoms with Gasteiger partial charge in [-0.05, 0) is 55.3 Å². The van der Waals surface area contributed by atoms with Crippen LogP contribution in [0.4, 0.5) is 0 Å². The van der Waals surface area contributed by atoms with Gasteiger partial charge >= 0.3 is 0 Å². The predicted molar refractivity (Wildman–Crippen MR) is 113 cm³/mol. The molecule has 1 aliphatic rings.